The fraction of sp³-hybridized carbons (Fsp3) is 0.538. The Morgan fingerprint density at radius 3 is 3.11 bits per heavy atom. The zero-order valence-corrected chi connectivity index (χ0v) is 10.2. The van der Waals surface area contributed by atoms with Crippen LogP contribution in [-0.4, -0.2) is 34.1 Å². The van der Waals surface area contributed by atoms with E-state index in [4.69, 9.17) is 5.21 Å². The van der Waals surface area contributed by atoms with Crippen molar-refractivity contribution in [1.29, 1.82) is 0 Å². The molecule has 0 atom stereocenters. The lowest BCUT2D eigenvalue weighted by molar-refractivity contribution is 0.0705. The Morgan fingerprint density at radius 1 is 1.56 bits per heavy atom. The molecule has 3 rings (SSSR count). The summed E-state index contributed by atoms with van der Waals surface area (Å²) >= 11 is 0. The Hall–Kier alpha value is -1.46. The molecule has 18 heavy (non-hydrogen) atoms. The lowest BCUT2D eigenvalue weighted by Crippen LogP contribution is -2.33. The molecule has 2 N–H and O–H groups in total. The van der Waals surface area contributed by atoms with Gasteiger partial charge in [0.2, 0.25) is 0 Å². The zero-order valence-electron chi connectivity index (χ0n) is 10.2. The van der Waals surface area contributed by atoms with Gasteiger partial charge in [-0.05, 0) is 36.8 Å². The van der Waals surface area contributed by atoms with Crippen molar-refractivity contribution in [2.24, 2.45) is 5.92 Å². The number of rotatable bonds is 3. The minimum atomic E-state index is -0.495. The molecule has 5 nitrogen and oxygen atoms in total. The van der Waals surface area contributed by atoms with Crippen LogP contribution in [0.25, 0.3) is 0 Å². The number of carbonyl (C=O) groups is 1. The number of hydrogen-bond acceptors (Lipinski definition) is 4. The number of nitrogens with zero attached hydrogens (tertiary/aromatic N) is 2. The van der Waals surface area contributed by atoms with E-state index in [2.05, 4.69) is 9.88 Å². The summed E-state index contributed by atoms with van der Waals surface area (Å²) in [5, 5.41) is 8.60. The van der Waals surface area contributed by atoms with E-state index in [9.17, 15) is 4.79 Å². The first-order chi connectivity index (χ1) is 8.76. The topological polar surface area (TPSA) is 65.5 Å². The summed E-state index contributed by atoms with van der Waals surface area (Å²) in [6, 6.07) is 1.84. The van der Waals surface area contributed by atoms with Gasteiger partial charge < -0.3 is 0 Å². The first-order valence-corrected chi connectivity index (χ1v) is 6.41. The maximum absolute atomic E-state index is 11.3. The first kappa shape index (κ1) is 11.6. The van der Waals surface area contributed by atoms with E-state index in [-0.39, 0.29) is 0 Å². The molecule has 0 unspecified atom stereocenters. The fourth-order valence-electron chi connectivity index (χ4n) is 2.48. The van der Waals surface area contributed by atoms with E-state index in [0.29, 0.717) is 5.56 Å². The van der Waals surface area contributed by atoms with Crippen molar-refractivity contribution in [3.63, 3.8) is 0 Å². The van der Waals surface area contributed by atoms with Gasteiger partial charge in [0.05, 0.1) is 11.3 Å². The number of aromatic nitrogens is 1. The van der Waals surface area contributed by atoms with E-state index in [1.165, 1.54) is 25.6 Å². The van der Waals surface area contributed by atoms with Gasteiger partial charge in [-0.1, -0.05) is 0 Å². The van der Waals surface area contributed by atoms with Gasteiger partial charge in [-0.15, -0.1) is 0 Å². The highest BCUT2D eigenvalue weighted by molar-refractivity contribution is 5.93. The third-order valence-corrected chi connectivity index (χ3v) is 3.71. The van der Waals surface area contributed by atoms with E-state index in [0.717, 1.165) is 36.7 Å². The van der Waals surface area contributed by atoms with Gasteiger partial charge in [0.15, 0.2) is 0 Å². The van der Waals surface area contributed by atoms with Crippen LogP contribution in [-0.2, 0) is 13.0 Å². The fourth-order valence-corrected chi connectivity index (χ4v) is 2.48. The zero-order chi connectivity index (χ0) is 12.5. The molecule has 1 amide bonds. The maximum atomic E-state index is 11.3. The van der Waals surface area contributed by atoms with Crippen LogP contribution in [0.2, 0.25) is 0 Å². The Bertz CT molecular complexity index is 471. The molecule has 0 spiro atoms. The molecule has 2 aliphatic rings. The molecule has 1 saturated carbocycles. The van der Waals surface area contributed by atoms with E-state index >= 15 is 0 Å². The number of carbonyl (C=O) groups excluding carboxylic acids is 1. The molecule has 1 aromatic rings. The monoisotopic (exact) mass is 247 g/mol. The van der Waals surface area contributed by atoms with Crippen LogP contribution in [0.15, 0.2) is 12.3 Å². The van der Waals surface area contributed by atoms with Crippen molar-refractivity contribution >= 4 is 5.91 Å². The van der Waals surface area contributed by atoms with Crippen molar-refractivity contribution in [1.82, 2.24) is 15.4 Å². The predicted molar refractivity (Wildman–Crippen MR) is 65.2 cm³/mol. The molecule has 5 heteroatoms. The van der Waals surface area contributed by atoms with Crippen molar-refractivity contribution in [2.75, 3.05) is 13.1 Å². The van der Waals surface area contributed by atoms with Crippen LogP contribution >= 0.6 is 0 Å². The molecule has 0 aromatic carbocycles. The molecule has 0 radical (unpaired) electrons. The van der Waals surface area contributed by atoms with Gasteiger partial charge in [0.1, 0.15) is 0 Å². The molecule has 1 fully saturated rings. The number of amides is 1. The molecule has 0 saturated heterocycles. The average molecular weight is 247 g/mol. The smallest absolute Gasteiger partial charge is 0.276 e. The van der Waals surface area contributed by atoms with Crippen LogP contribution in [0.1, 0.15) is 34.5 Å². The van der Waals surface area contributed by atoms with Crippen LogP contribution in [0.5, 0.6) is 0 Å². The third-order valence-electron chi connectivity index (χ3n) is 3.71. The molecule has 2 heterocycles. The molecule has 0 bridgehead atoms. The quantitative estimate of drug-likeness (QED) is 0.617. The number of fused-ring (bicyclic) bond motifs is 1. The minimum Gasteiger partial charge on any atom is -0.297 e. The number of hydroxylamine groups is 1. The second-order valence-corrected chi connectivity index (χ2v) is 5.20. The van der Waals surface area contributed by atoms with Crippen LogP contribution in [0.3, 0.4) is 0 Å². The van der Waals surface area contributed by atoms with Gasteiger partial charge >= 0.3 is 0 Å². The number of nitrogens with one attached hydrogen (secondary N) is 1. The average Bonchev–Trinajstić information content (AvgIpc) is 3.21. The molecule has 1 aliphatic heterocycles. The largest absolute Gasteiger partial charge is 0.297 e. The normalized spacial score (nSPS) is 19.4. The summed E-state index contributed by atoms with van der Waals surface area (Å²) < 4.78 is 0. The summed E-state index contributed by atoms with van der Waals surface area (Å²) in [6.45, 7) is 3.10. The predicted octanol–water partition coefficient (Wildman–Crippen LogP) is 0.969. The summed E-state index contributed by atoms with van der Waals surface area (Å²) in [4.78, 5) is 18.1. The summed E-state index contributed by atoms with van der Waals surface area (Å²) in [5.74, 6) is 0.400. The maximum Gasteiger partial charge on any atom is 0.276 e. The highest BCUT2D eigenvalue weighted by atomic mass is 16.5. The highest BCUT2D eigenvalue weighted by Crippen LogP contribution is 2.31. The molecule has 1 aliphatic carbocycles. The standard InChI is InChI=1S/C13H17N3O2/c17-13(15-18)11-5-10-3-4-16(7-9-1-2-9)8-12(10)14-6-11/h5-6,9,18H,1-4,7-8H2,(H,15,17). The second kappa shape index (κ2) is 4.66. The summed E-state index contributed by atoms with van der Waals surface area (Å²) in [5.41, 5.74) is 4.26. The lowest BCUT2D eigenvalue weighted by Gasteiger charge is -2.28. The van der Waals surface area contributed by atoms with Crippen LogP contribution < -0.4 is 5.48 Å². The molecule has 1 aromatic heterocycles. The van der Waals surface area contributed by atoms with Crippen molar-refractivity contribution in [3.05, 3.63) is 29.1 Å². The molecular weight excluding hydrogens is 230 g/mol. The first-order valence-electron chi connectivity index (χ1n) is 6.41. The van der Waals surface area contributed by atoms with Gasteiger partial charge in [-0.2, -0.15) is 0 Å². The summed E-state index contributed by atoms with van der Waals surface area (Å²) in [7, 11) is 0. The SMILES string of the molecule is O=C(NO)c1cnc2c(c1)CCN(CC1CC1)C2. The van der Waals surface area contributed by atoms with Crippen molar-refractivity contribution < 1.29 is 10.0 Å². The van der Waals surface area contributed by atoms with Crippen LogP contribution in [0.4, 0.5) is 0 Å². The van der Waals surface area contributed by atoms with Gasteiger partial charge in [0.25, 0.3) is 5.91 Å². The van der Waals surface area contributed by atoms with Crippen LogP contribution in [0, 0.1) is 5.92 Å². The Labute approximate surface area is 106 Å². The Kier molecular flexibility index (Phi) is 3.01. The molecular formula is C13H17N3O2. The second-order valence-electron chi connectivity index (χ2n) is 5.20. The van der Waals surface area contributed by atoms with Crippen molar-refractivity contribution in [2.45, 2.75) is 25.8 Å². The number of pyridine rings is 1. The number of hydrogen-bond donors (Lipinski definition) is 2. The summed E-state index contributed by atoms with van der Waals surface area (Å²) in [6.07, 6.45) is 5.20. The Morgan fingerprint density at radius 2 is 2.39 bits per heavy atom. The lowest BCUT2D eigenvalue weighted by atomic mass is 10.0. The van der Waals surface area contributed by atoms with Gasteiger partial charge in [-0.25, -0.2) is 5.48 Å². The van der Waals surface area contributed by atoms with Crippen molar-refractivity contribution in [3.8, 4) is 0 Å². The Balaban J connectivity index is 1.74. The van der Waals surface area contributed by atoms with Gasteiger partial charge in [0, 0.05) is 25.8 Å². The van der Waals surface area contributed by atoms with Gasteiger partial charge in [-0.3, -0.25) is 19.9 Å². The molecule has 96 valence electrons. The highest BCUT2D eigenvalue weighted by Gasteiger charge is 2.26. The van der Waals surface area contributed by atoms with E-state index < -0.39 is 5.91 Å². The third kappa shape index (κ3) is 2.37. The minimum absolute atomic E-state index is 0.423. The van der Waals surface area contributed by atoms with E-state index in [1.54, 1.807) is 5.48 Å². The van der Waals surface area contributed by atoms with E-state index in [1.807, 2.05) is 6.07 Å².